The van der Waals surface area contributed by atoms with Gasteiger partial charge in [-0.1, -0.05) is 6.07 Å². The third kappa shape index (κ3) is 4.36. The van der Waals surface area contributed by atoms with Gasteiger partial charge in [0, 0.05) is 23.5 Å². The molecular formula is C17H24ClN3O4S. The van der Waals surface area contributed by atoms with E-state index in [0.717, 1.165) is 19.1 Å². The zero-order valence-electron chi connectivity index (χ0n) is 14.6. The highest BCUT2D eigenvalue weighted by molar-refractivity contribution is 7.92. The van der Waals surface area contributed by atoms with Gasteiger partial charge in [0.25, 0.3) is 0 Å². The first-order chi connectivity index (χ1) is 11.8. The summed E-state index contributed by atoms with van der Waals surface area (Å²) in [6, 6.07) is 6.79. The van der Waals surface area contributed by atoms with Crippen molar-refractivity contribution < 1.29 is 18.0 Å². The Morgan fingerprint density at radius 2 is 1.69 bits per heavy atom. The summed E-state index contributed by atoms with van der Waals surface area (Å²) in [5.41, 5.74) is 1.06. The number of carbonyl (C=O) groups is 2. The van der Waals surface area contributed by atoms with Gasteiger partial charge >= 0.3 is 0 Å². The summed E-state index contributed by atoms with van der Waals surface area (Å²) in [5, 5.41) is 8.62. The fourth-order valence-corrected chi connectivity index (χ4v) is 4.44. The number of halogens is 1. The molecule has 0 unspecified atom stereocenters. The Labute approximate surface area is 159 Å². The van der Waals surface area contributed by atoms with E-state index in [9.17, 15) is 18.0 Å². The van der Waals surface area contributed by atoms with E-state index < -0.39 is 20.5 Å². The Hall–Kier alpha value is -1.64. The van der Waals surface area contributed by atoms with Gasteiger partial charge in [-0.05, 0) is 57.0 Å². The Balaban J connectivity index is 0.00000243. The average molecular weight is 402 g/mol. The lowest BCUT2D eigenvalue weighted by molar-refractivity contribution is -0.119. The molecule has 1 aliphatic carbocycles. The van der Waals surface area contributed by atoms with Crippen LogP contribution in [0.25, 0.3) is 0 Å². The quantitative estimate of drug-likeness (QED) is 0.694. The van der Waals surface area contributed by atoms with E-state index in [-0.39, 0.29) is 37.1 Å². The lowest BCUT2D eigenvalue weighted by Gasteiger charge is -2.34. The Bertz CT molecular complexity index is 787. The predicted octanol–water partition coefficient (Wildman–Crippen LogP) is 1.56. The molecule has 26 heavy (non-hydrogen) atoms. The van der Waals surface area contributed by atoms with Crippen LogP contribution in [-0.4, -0.2) is 44.3 Å². The van der Waals surface area contributed by atoms with E-state index in [2.05, 4.69) is 16.0 Å². The molecule has 1 aromatic rings. The minimum absolute atomic E-state index is 0. The summed E-state index contributed by atoms with van der Waals surface area (Å²) in [6.07, 6.45) is 3.43. The molecule has 0 bridgehead atoms. The normalized spacial score (nSPS) is 19.1. The van der Waals surface area contributed by atoms with Crippen molar-refractivity contribution >= 4 is 45.4 Å². The van der Waals surface area contributed by atoms with E-state index in [1.807, 2.05) is 0 Å². The van der Waals surface area contributed by atoms with E-state index in [1.54, 1.807) is 24.3 Å². The van der Waals surface area contributed by atoms with Crippen molar-refractivity contribution in [2.24, 2.45) is 5.92 Å². The number of benzene rings is 1. The molecule has 2 fully saturated rings. The van der Waals surface area contributed by atoms with Gasteiger partial charge in [-0.3, -0.25) is 9.59 Å². The van der Waals surface area contributed by atoms with Crippen LogP contribution in [0.5, 0.6) is 0 Å². The van der Waals surface area contributed by atoms with Crippen molar-refractivity contribution in [1.82, 2.24) is 5.32 Å². The van der Waals surface area contributed by atoms with Crippen molar-refractivity contribution in [2.45, 2.75) is 30.4 Å². The number of hydrogen-bond donors (Lipinski definition) is 3. The van der Waals surface area contributed by atoms with Crippen molar-refractivity contribution in [1.29, 1.82) is 0 Å². The molecule has 2 amide bonds. The summed E-state index contributed by atoms with van der Waals surface area (Å²) < 4.78 is 23.2. The smallest absolute Gasteiger partial charge is 0.245 e. The average Bonchev–Trinajstić information content (AvgIpc) is 3.39. The fourth-order valence-electron chi connectivity index (χ4n) is 3.11. The van der Waals surface area contributed by atoms with E-state index in [4.69, 9.17) is 0 Å². The molecule has 9 heteroatoms. The first-order valence-corrected chi connectivity index (χ1v) is 10.3. The maximum atomic E-state index is 12.8. The van der Waals surface area contributed by atoms with Crippen LogP contribution >= 0.6 is 12.4 Å². The number of sulfone groups is 1. The molecule has 1 aliphatic heterocycles. The molecule has 1 heterocycles. The largest absolute Gasteiger partial charge is 0.326 e. The van der Waals surface area contributed by atoms with Crippen molar-refractivity contribution in [3.8, 4) is 0 Å². The van der Waals surface area contributed by atoms with Crippen LogP contribution in [-0.2, 0) is 19.4 Å². The minimum atomic E-state index is -3.56. The van der Waals surface area contributed by atoms with Crippen molar-refractivity contribution in [3.63, 3.8) is 0 Å². The molecule has 144 valence electrons. The fraction of sp³-hybridized carbons (Fsp3) is 0.529. The Morgan fingerprint density at radius 3 is 2.23 bits per heavy atom. The maximum Gasteiger partial charge on any atom is 0.245 e. The van der Waals surface area contributed by atoms with E-state index in [0.29, 0.717) is 24.5 Å². The minimum Gasteiger partial charge on any atom is -0.326 e. The second-order valence-corrected chi connectivity index (χ2v) is 9.14. The molecule has 1 saturated heterocycles. The van der Waals surface area contributed by atoms with Crippen molar-refractivity contribution in [3.05, 3.63) is 24.3 Å². The molecule has 7 nitrogen and oxygen atoms in total. The summed E-state index contributed by atoms with van der Waals surface area (Å²) in [4.78, 5) is 24.6. The molecule has 1 saturated carbocycles. The SMILES string of the molecule is CS(=O)(=O)C1(C(=O)Nc2cccc(NC(=O)C3CC3)c2)CCNCC1.Cl. The van der Waals surface area contributed by atoms with Crippen LogP contribution in [0.15, 0.2) is 24.3 Å². The maximum absolute atomic E-state index is 12.8. The second kappa shape index (κ2) is 7.94. The van der Waals surface area contributed by atoms with Gasteiger partial charge in [-0.25, -0.2) is 8.42 Å². The van der Waals surface area contributed by atoms with Gasteiger partial charge in [-0.2, -0.15) is 0 Å². The van der Waals surface area contributed by atoms with Crippen LogP contribution in [0.1, 0.15) is 25.7 Å². The monoisotopic (exact) mass is 401 g/mol. The van der Waals surface area contributed by atoms with Crippen LogP contribution < -0.4 is 16.0 Å². The van der Waals surface area contributed by atoms with Gasteiger partial charge in [0.1, 0.15) is 0 Å². The molecule has 0 spiro atoms. The van der Waals surface area contributed by atoms with Crippen LogP contribution in [0.3, 0.4) is 0 Å². The highest BCUT2D eigenvalue weighted by Crippen LogP contribution is 2.31. The Kier molecular flexibility index (Phi) is 6.31. The molecule has 1 aromatic carbocycles. The molecule has 0 radical (unpaired) electrons. The van der Waals surface area contributed by atoms with Crippen LogP contribution in [0.4, 0.5) is 11.4 Å². The lowest BCUT2D eigenvalue weighted by atomic mass is 9.95. The number of anilines is 2. The van der Waals surface area contributed by atoms with E-state index >= 15 is 0 Å². The third-order valence-electron chi connectivity index (χ3n) is 4.87. The number of piperidine rings is 1. The highest BCUT2D eigenvalue weighted by atomic mass is 35.5. The zero-order chi connectivity index (χ0) is 18.1. The predicted molar refractivity (Wildman–Crippen MR) is 103 cm³/mol. The number of nitrogens with one attached hydrogen (secondary N) is 3. The number of carbonyl (C=O) groups excluding carboxylic acids is 2. The summed E-state index contributed by atoms with van der Waals surface area (Å²) in [6.45, 7) is 0.968. The van der Waals surface area contributed by atoms with Gasteiger partial charge in [0.2, 0.25) is 11.8 Å². The molecule has 2 aliphatic rings. The Morgan fingerprint density at radius 1 is 1.12 bits per heavy atom. The second-order valence-electron chi connectivity index (χ2n) is 6.81. The number of amides is 2. The standard InChI is InChI=1S/C17H23N3O4S.ClH/c1-25(23,24)17(7-9-18-10-8-17)16(22)20-14-4-2-3-13(11-14)19-15(21)12-5-6-12;/h2-4,11-12,18H,5-10H2,1H3,(H,19,21)(H,20,22);1H. The molecule has 3 N–H and O–H groups in total. The van der Waals surface area contributed by atoms with Crippen LogP contribution in [0.2, 0.25) is 0 Å². The van der Waals surface area contributed by atoms with E-state index in [1.165, 1.54) is 0 Å². The first kappa shape index (κ1) is 20.7. The van der Waals surface area contributed by atoms with Gasteiger partial charge in [-0.15, -0.1) is 12.4 Å². The topological polar surface area (TPSA) is 104 Å². The summed E-state index contributed by atoms with van der Waals surface area (Å²) in [5.74, 6) is -0.446. The zero-order valence-corrected chi connectivity index (χ0v) is 16.2. The summed E-state index contributed by atoms with van der Waals surface area (Å²) >= 11 is 0. The molecule has 3 rings (SSSR count). The van der Waals surface area contributed by atoms with Gasteiger partial charge in [0.05, 0.1) is 0 Å². The molecule has 0 atom stereocenters. The number of hydrogen-bond acceptors (Lipinski definition) is 5. The third-order valence-corrected chi connectivity index (χ3v) is 6.88. The number of rotatable bonds is 5. The lowest BCUT2D eigenvalue weighted by Crippen LogP contribution is -2.55. The molecular weight excluding hydrogens is 378 g/mol. The van der Waals surface area contributed by atoms with Gasteiger partial charge in [0.15, 0.2) is 14.6 Å². The highest BCUT2D eigenvalue weighted by Gasteiger charge is 2.48. The van der Waals surface area contributed by atoms with Gasteiger partial charge < -0.3 is 16.0 Å². The molecule has 0 aromatic heterocycles. The van der Waals surface area contributed by atoms with Crippen LogP contribution in [0, 0.1) is 5.92 Å². The summed E-state index contributed by atoms with van der Waals surface area (Å²) in [7, 11) is -3.56. The van der Waals surface area contributed by atoms with Crippen molar-refractivity contribution in [2.75, 3.05) is 30.0 Å². The first-order valence-electron chi connectivity index (χ1n) is 8.44.